The number of hydrogen-bond acceptors (Lipinski definition) is 14. The summed E-state index contributed by atoms with van der Waals surface area (Å²) in [7, 11) is 6.95. The van der Waals surface area contributed by atoms with Crippen molar-refractivity contribution in [3.05, 3.63) is 0 Å². The van der Waals surface area contributed by atoms with Crippen molar-refractivity contribution in [3.8, 4) is 11.8 Å². The van der Waals surface area contributed by atoms with Gasteiger partial charge in [-0.15, -0.1) is 0 Å². The van der Waals surface area contributed by atoms with Crippen molar-refractivity contribution < 1.29 is 18.9 Å². The van der Waals surface area contributed by atoms with E-state index in [1.165, 1.54) is 292 Å². The second kappa shape index (κ2) is 72.8. The van der Waals surface area contributed by atoms with Gasteiger partial charge in [0.05, 0.1) is 13.2 Å². The van der Waals surface area contributed by atoms with Crippen molar-refractivity contribution in [2.45, 2.75) is 268 Å². The average Bonchev–Trinajstić information content (AvgIpc) is 1.19. The van der Waals surface area contributed by atoms with Gasteiger partial charge in [-0.25, -0.2) is 0 Å². The number of ether oxygens (including phenoxy) is 4. The highest BCUT2D eigenvalue weighted by atomic mass is 16.5. The Morgan fingerprint density at radius 3 is 0.765 bits per heavy atom. The van der Waals surface area contributed by atoms with Gasteiger partial charge in [0.1, 0.15) is 6.61 Å². The summed E-state index contributed by atoms with van der Waals surface area (Å²) in [4.78, 5) is 25.7. The molecule has 7 heterocycles. The molecule has 0 bridgehead atoms. The molecular formula is C88H188N10O4. The van der Waals surface area contributed by atoms with Crippen LogP contribution in [0.4, 0.5) is 0 Å². The predicted molar refractivity (Wildman–Crippen MR) is 453 cm³/mol. The van der Waals surface area contributed by atoms with Crippen LogP contribution in [-0.4, -0.2) is 300 Å². The van der Waals surface area contributed by atoms with Gasteiger partial charge < -0.3 is 53.2 Å². The van der Waals surface area contributed by atoms with Crippen molar-refractivity contribution in [3.63, 3.8) is 0 Å². The lowest BCUT2D eigenvalue weighted by atomic mass is 10.1. The maximum Gasteiger partial charge on any atom is 0.107 e. The van der Waals surface area contributed by atoms with E-state index in [4.69, 9.17) is 18.9 Å². The van der Waals surface area contributed by atoms with Crippen LogP contribution in [0.3, 0.4) is 0 Å². The van der Waals surface area contributed by atoms with Gasteiger partial charge in [0.25, 0.3) is 0 Å². The lowest BCUT2D eigenvalue weighted by Crippen LogP contribution is -2.49. The Kier molecular flexibility index (Phi) is 75.1. The molecule has 102 heavy (non-hydrogen) atoms. The molecule has 7 fully saturated rings. The third-order valence-electron chi connectivity index (χ3n) is 19.6. The zero-order valence-corrected chi connectivity index (χ0v) is 72.9. The van der Waals surface area contributed by atoms with E-state index in [2.05, 4.69) is 199 Å². The summed E-state index contributed by atoms with van der Waals surface area (Å²) >= 11 is 0. The van der Waals surface area contributed by atoms with Crippen LogP contribution in [0, 0.1) is 65.1 Å². The fourth-order valence-electron chi connectivity index (χ4n) is 13.8. The van der Waals surface area contributed by atoms with Crippen molar-refractivity contribution >= 4 is 0 Å². The van der Waals surface area contributed by atoms with Crippen molar-refractivity contribution in [2.24, 2.45) is 53.3 Å². The fourth-order valence-corrected chi connectivity index (χ4v) is 13.8. The van der Waals surface area contributed by atoms with Gasteiger partial charge in [0, 0.05) is 165 Å². The van der Waals surface area contributed by atoms with Crippen LogP contribution in [0.25, 0.3) is 0 Å². The Balaban J connectivity index is -0.00000109. The monoisotopic (exact) mass is 1450 g/mol. The zero-order chi connectivity index (χ0) is 75.9. The zero-order valence-electron chi connectivity index (χ0n) is 72.9. The minimum Gasteiger partial charge on any atom is -0.385 e. The summed E-state index contributed by atoms with van der Waals surface area (Å²) < 4.78 is 19.8. The van der Waals surface area contributed by atoms with E-state index in [1.54, 1.807) is 28.4 Å². The molecule has 0 spiro atoms. The average molecular weight is 1450 g/mol. The normalized spacial score (nSPS) is 18.7. The Morgan fingerprint density at radius 1 is 0.255 bits per heavy atom. The summed E-state index contributed by atoms with van der Waals surface area (Å²) in [6.07, 6.45) is 25.1. The van der Waals surface area contributed by atoms with Gasteiger partial charge in [-0.3, -0.25) is 14.7 Å². The Labute approximate surface area is 642 Å². The minimum atomic E-state index is 0. The molecule has 14 heteroatoms. The van der Waals surface area contributed by atoms with Crippen molar-refractivity contribution in [1.82, 2.24) is 49.0 Å². The molecular weight excluding hydrogens is 1260 g/mol. The van der Waals surface area contributed by atoms with Crippen LogP contribution in [0.5, 0.6) is 0 Å². The fraction of sp³-hybridized carbons (Fsp3) is 0.977. The van der Waals surface area contributed by atoms with Gasteiger partial charge in [-0.1, -0.05) is 157 Å². The lowest BCUT2D eigenvalue weighted by molar-refractivity contribution is 0.0916. The first-order valence-electron chi connectivity index (χ1n) is 42.9. The topological polar surface area (TPSA) is 69.3 Å². The molecule has 0 aromatic rings. The number of piperidine rings is 2. The van der Waals surface area contributed by atoms with Gasteiger partial charge in [-0.05, 0) is 236 Å². The third-order valence-corrected chi connectivity index (χ3v) is 19.6. The molecule has 0 aromatic carbocycles. The Hall–Kier alpha value is -1.00. The first-order valence-corrected chi connectivity index (χ1v) is 42.9. The number of hydrogen-bond donors (Lipinski definition) is 0. The van der Waals surface area contributed by atoms with Gasteiger partial charge in [0.15, 0.2) is 0 Å². The van der Waals surface area contributed by atoms with E-state index in [1.807, 2.05) is 0 Å². The molecule has 0 aliphatic carbocycles. The van der Waals surface area contributed by atoms with E-state index in [9.17, 15) is 0 Å². The van der Waals surface area contributed by atoms with Crippen LogP contribution >= 0.6 is 0 Å². The molecule has 7 saturated heterocycles. The first-order chi connectivity index (χ1) is 48.2. The highest BCUT2D eigenvalue weighted by molar-refractivity contribution is 5.01. The highest BCUT2D eigenvalue weighted by Gasteiger charge is 2.21. The Morgan fingerprint density at radius 2 is 0.500 bits per heavy atom. The van der Waals surface area contributed by atoms with Gasteiger partial charge in [-0.2, -0.15) is 0 Å². The second-order valence-electron chi connectivity index (χ2n) is 34.7. The van der Waals surface area contributed by atoms with Crippen LogP contribution in [-0.2, 0) is 18.9 Å². The summed E-state index contributed by atoms with van der Waals surface area (Å²) in [5.74, 6) is 13.0. The van der Waals surface area contributed by atoms with Crippen molar-refractivity contribution in [1.29, 1.82) is 0 Å². The summed E-state index contributed by atoms with van der Waals surface area (Å²) in [5, 5.41) is 0. The molecule has 7 aliphatic heterocycles. The maximum absolute atomic E-state index is 5.11. The number of methoxy groups -OCH3 is 4. The van der Waals surface area contributed by atoms with Gasteiger partial charge in [0.2, 0.25) is 0 Å². The minimum absolute atomic E-state index is 0. The van der Waals surface area contributed by atoms with Crippen LogP contribution in [0.1, 0.15) is 261 Å². The summed E-state index contributed by atoms with van der Waals surface area (Å²) in [6.45, 7) is 85.5. The standard InChI is InChI=1S/C13H28N2O.C11H24N2O.C11H24N2.C11H23N.C10H21N.C9H19N.C8H17N.C7H16O.C7H12O.CH4/c1-13(2)5-4-6-14-7-9-15(10-8-14)11-12-16-3;1-11(2)10-13-6-4-12(5-7-13)8-9-14-3;1-10(2)9-12-5-7-13(8-6-12)11(3)4;1-11(2)7-6-10-12-8-4-3-5-9-12;1-10(2)6-5-9-11-7-3-4-8-11;1-9(2)8-10-6-4-3-5-7-10;1-8(2)7-9-5-3-4-6-9;2*1-7(2)5-4-6-8-3;/h13H,4-12H2,1-3H3;11H,4-10H2,1-3H3;10-11H,5-9H2,1-4H3;11H,3-10H2,1-2H3;10H,3-9H2,1-2H3;9H,3-8H2,1-2H3;8H,3-7H2,1-2H3;7H,4-6H2,1-3H3;7H,6H2,1-3H3;1H4. The third kappa shape index (κ3) is 71.9. The SMILES string of the molecule is C.CC(C)CCCN1CCCC1.CC(C)CCCN1CCCCC1.CC(C)CN1CCCC1.CC(C)CN1CCCCC1.CC(C)CN1CCN(C(C)C)CC1.COCC#CC(C)C.COCCCC(C)C.COCCN1CCN(CC(C)C)CC1.COCCN1CCN(CCCC(C)C)CC1. The van der Waals surface area contributed by atoms with Crippen LogP contribution in [0.15, 0.2) is 0 Å². The maximum atomic E-state index is 5.11. The van der Waals surface area contributed by atoms with Crippen molar-refractivity contribution in [2.75, 3.05) is 245 Å². The molecule has 614 valence electrons. The molecule has 0 N–H and O–H groups in total. The molecule has 0 unspecified atom stereocenters. The van der Waals surface area contributed by atoms with E-state index in [-0.39, 0.29) is 7.43 Å². The van der Waals surface area contributed by atoms with E-state index in [0.29, 0.717) is 12.5 Å². The molecule has 14 nitrogen and oxygen atoms in total. The Bertz CT molecular complexity index is 1710. The number of rotatable bonds is 32. The predicted octanol–water partition coefficient (Wildman–Crippen LogP) is 17.6. The molecule has 0 radical (unpaired) electrons. The number of piperazine rings is 3. The smallest absolute Gasteiger partial charge is 0.107 e. The molecule has 0 aromatic heterocycles. The largest absolute Gasteiger partial charge is 0.385 e. The highest BCUT2D eigenvalue weighted by Crippen LogP contribution is 2.16. The lowest BCUT2D eigenvalue weighted by Gasteiger charge is -2.37. The van der Waals surface area contributed by atoms with Gasteiger partial charge >= 0.3 is 0 Å². The van der Waals surface area contributed by atoms with E-state index in [0.717, 1.165) is 86.3 Å². The second-order valence-corrected chi connectivity index (χ2v) is 34.7. The van der Waals surface area contributed by atoms with E-state index >= 15 is 0 Å². The number of nitrogens with zero attached hydrogens (tertiary/aromatic N) is 10. The molecule has 0 saturated carbocycles. The number of likely N-dealkylation sites (tertiary alicyclic amines) is 4. The summed E-state index contributed by atoms with van der Waals surface area (Å²) in [5.41, 5.74) is 0. The van der Waals surface area contributed by atoms with E-state index < -0.39 is 0 Å². The molecule has 0 atom stereocenters. The van der Waals surface area contributed by atoms with Crippen LogP contribution < -0.4 is 0 Å². The summed E-state index contributed by atoms with van der Waals surface area (Å²) in [6, 6.07) is 0.723. The molecule has 7 rings (SSSR count). The first kappa shape index (κ1) is 105. The van der Waals surface area contributed by atoms with Crippen LogP contribution in [0.2, 0.25) is 0 Å². The molecule has 0 amide bonds. The quantitative estimate of drug-likeness (QED) is 0.0474. The molecule has 7 aliphatic rings.